The van der Waals surface area contributed by atoms with Crippen molar-refractivity contribution in [3.63, 3.8) is 0 Å². The van der Waals surface area contributed by atoms with Gasteiger partial charge >= 0.3 is 6.18 Å². The summed E-state index contributed by atoms with van der Waals surface area (Å²) in [6.07, 6.45) is -2.39. The fourth-order valence-corrected chi connectivity index (χ4v) is 2.26. The molecule has 10 heteroatoms. The van der Waals surface area contributed by atoms with E-state index >= 15 is 0 Å². The molecular weight excluding hydrogens is 488 g/mol. The maximum Gasteiger partial charge on any atom is 0.422 e. The summed E-state index contributed by atoms with van der Waals surface area (Å²) in [7, 11) is 0. The Bertz CT molecular complexity index is 679. The summed E-state index contributed by atoms with van der Waals surface area (Å²) in [5, 5.41) is 8.78. The molecule has 1 aromatic rings. The number of hydrogen-bond acceptors (Lipinski definition) is 3. The molecule has 158 valence electrons. The zero-order valence-corrected chi connectivity index (χ0v) is 18.2. The van der Waals surface area contributed by atoms with E-state index in [1.807, 2.05) is 6.92 Å². The monoisotopic (exact) mass is 514 g/mol. The summed E-state index contributed by atoms with van der Waals surface area (Å²) in [5.74, 6) is 0.442. The quantitative estimate of drug-likeness (QED) is 0.284. The number of carbonyl (C=O) groups is 1. The molecule has 1 aliphatic carbocycles. The first-order valence-corrected chi connectivity index (χ1v) is 8.87. The van der Waals surface area contributed by atoms with Gasteiger partial charge in [0.25, 0.3) is 0 Å². The topological polar surface area (TPSA) is 74.8 Å². The summed E-state index contributed by atoms with van der Waals surface area (Å²) in [5.41, 5.74) is 1.33. The van der Waals surface area contributed by atoms with Gasteiger partial charge in [0, 0.05) is 18.2 Å². The number of benzene rings is 1. The molecule has 1 saturated carbocycles. The lowest BCUT2D eigenvalue weighted by Crippen LogP contribution is -2.43. The maximum absolute atomic E-state index is 12.4. The number of carbonyl (C=O) groups excluding carboxylic acids is 1. The van der Waals surface area contributed by atoms with Gasteiger partial charge in [-0.05, 0) is 38.3 Å². The zero-order chi connectivity index (χ0) is 19.9. The lowest BCUT2D eigenvalue weighted by molar-refractivity contribution is -0.153. The highest BCUT2D eigenvalue weighted by Crippen LogP contribution is 2.24. The number of alkyl halides is 3. The van der Waals surface area contributed by atoms with E-state index in [0.29, 0.717) is 18.1 Å². The first-order valence-electron chi connectivity index (χ1n) is 8.87. The molecular formula is C18H26F3IN4O2. The third-order valence-electron chi connectivity index (χ3n) is 3.72. The normalized spacial score (nSPS) is 14.1. The van der Waals surface area contributed by atoms with E-state index < -0.39 is 12.8 Å². The van der Waals surface area contributed by atoms with Crippen LogP contribution in [0.4, 0.5) is 13.2 Å². The fraction of sp³-hybridized carbons (Fsp3) is 0.556. The summed E-state index contributed by atoms with van der Waals surface area (Å²) < 4.78 is 42.3. The Balaban J connectivity index is 0.00000392. The van der Waals surface area contributed by atoms with Crippen molar-refractivity contribution < 1.29 is 22.7 Å². The van der Waals surface area contributed by atoms with Crippen LogP contribution in [0.2, 0.25) is 0 Å². The lowest BCUT2D eigenvalue weighted by atomic mass is 10.1. The second-order valence-corrected chi connectivity index (χ2v) is 6.41. The van der Waals surface area contributed by atoms with Crippen LogP contribution in [-0.4, -0.2) is 43.8 Å². The minimum Gasteiger partial charge on any atom is -0.484 e. The molecule has 0 unspecified atom stereocenters. The number of nitrogens with zero attached hydrogens (tertiary/aromatic N) is 1. The molecule has 2 rings (SSSR count). The minimum absolute atomic E-state index is 0. The van der Waals surface area contributed by atoms with Gasteiger partial charge in [-0.3, -0.25) is 4.79 Å². The van der Waals surface area contributed by atoms with E-state index in [2.05, 4.69) is 20.9 Å². The highest BCUT2D eigenvalue weighted by Gasteiger charge is 2.28. The molecule has 1 aliphatic rings. The SMILES string of the molecule is CCNC(=NCc1ccc(C)cc1OCC(F)(F)F)NCC(=O)NC1CC1.I. The molecule has 3 N–H and O–H groups in total. The van der Waals surface area contributed by atoms with Crippen LogP contribution in [0.3, 0.4) is 0 Å². The molecule has 6 nitrogen and oxygen atoms in total. The Hall–Kier alpha value is -1.72. The number of aryl methyl sites for hydroxylation is 1. The smallest absolute Gasteiger partial charge is 0.422 e. The molecule has 1 aromatic carbocycles. The highest BCUT2D eigenvalue weighted by atomic mass is 127. The average molecular weight is 514 g/mol. The summed E-state index contributed by atoms with van der Waals surface area (Å²) in [6, 6.07) is 5.31. The fourth-order valence-electron chi connectivity index (χ4n) is 2.26. The highest BCUT2D eigenvalue weighted by molar-refractivity contribution is 14.0. The van der Waals surface area contributed by atoms with Gasteiger partial charge in [0.15, 0.2) is 12.6 Å². The van der Waals surface area contributed by atoms with Crippen LogP contribution in [0.15, 0.2) is 23.2 Å². The number of ether oxygens (including phenoxy) is 1. The third-order valence-corrected chi connectivity index (χ3v) is 3.72. The van der Waals surface area contributed by atoms with Crippen molar-refractivity contribution in [3.8, 4) is 5.75 Å². The Morgan fingerprint density at radius 1 is 1.29 bits per heavy atom. The van der Waals surface area contributed by atoms with Gasteiger partial charge in [-0.25, -0.2) is 4.99 Å². The van der Waals surface area contributed by atoms with E-state index in [1.165, 1.54) is 0 Å². The summed E-state index contributed by atoms with van der Waals surface area (Å²) in [4.78, 5) is 16.1. The van der Waals surface area contributed by atoms with Crippen molar-refractivity contribution in [1.29, 1.82) is 0 Å². The van der Waals surface area contributed by atoms with Crippen molar-refractivity contribution >= 4 is 35.8 Å². The minimum atomic E-state index is -4.41. The van der Waals surface area contributed by atoms with Crippen molar-refractivity contribution in [1.82, 2.24) is 16.0 Å². The Morgan fingerprint density at radius 2 is 2.00 bits per heavy atom. The van der Waals surface area contributed by atoms with Crippen LogP contribution in [0.1, 0.15) is 30.9 Å². The Kier molecular flexibility index (Phi) is 9.83. The third kappa shape index (κ3) is 9.47. The van der Waals surface area contributed by atoms with Crippen molar-refractivity contribution in [3.05, 3.63) is 29.3 Å². The molecule has 28 heavy (non-hydrogen) atoms. The number of amides is 1. The number of halogens is 4. The van der Waals surface area contributed by atoms with E-state index in [4.69, 9.17) is 4.74 Å². The van der Waals surface area contributed by atoms with Gasteiger partial charge in [-0.15, -0.1) is 24.0 Å². The van der Waals surface area contributed by atoms with Crippen LogP contribution in [0, 0.1) is 6.92 Å². The number of aliphatic imine (C=N–C) groups is 1. The molecule has 0 spiro atoms. The number of rotatable bonds is 8. The molecule has 0 saturated heterocycles. The second kappa shape index (κ2) is 11.3. The first kappa shape index (κ1) is 24.3. The summed E-state index contributed by atoms with van der Waals surface area (Å²) in [6.45, 7) is 3.08. The molecule has 0 radical (unpaired) electrons. The predicted molar refractivity (Wildman–Crippen MR) is 112 cm³/mol. The van der Waals surface area contributed by atoms with Gasteiger partial charge in [0.05, 0.1) is 13.1 Å². The average Bonchev–Trinajstić information content (AvgIpc) is 3.40. The van der Waals surface area contributed by atoms with Crippen LogP contribution in [0.25, 0.3) is 0 Å². The van der Waals surface area contributed by atoms with E-state index in [-0.39, 0.29) is 54.8 Å². The van der Waals surface area contributed by atoms with Crippen molar-refractivity contribution in [2.24, 2.45) is 4.99 Å². The number of hydrogen-bond donors (Lipinski definition) is 3. The Morgan fingerprint density at radius 3 is 2.61 bits per heavy atom. The van der Waals surface area contributed by atoms with Crippen molar-refractivity contribution in [2.75, 3.05) is 19.7 Å². The van der Waals surface area contributed by atoms with E-state index in [0.717, 1.165) is 18.4 Å². The molecule has 1 amide bonds. The Labute approximate surface area is 179 Å². The molecule has 0 aromatic heterocycles. The predicted octanol–water partition coefficient (Wildman–Crippen LogP) is 2.89. The van der Waals surface area contributed by atoms with E-state index in [9.17, 15) is 18.0 Å². The van der Waals surface area contributed by atoms with Gasteiger partial charge < -0.3 is 20.7 Å². The van der Waals surface area contributed by atoms with Gasteiger partial charge in [-0.2, -0.15) is 13.2 Å². The molecule has 1 fully saturated rings. The summed E-state index contributed by atoms with van der Waals surface area (Å²) >= 11 is 0. The molecule has 0 aliphatic heterocycles. The van der Waals surface area contributed by atoms with Crippen molar-refractivity contribution in [2.45, 2.75) is 45.5 Å². The molecule has 0 heterocycles. The van der Waals surface area contributed by atoms with E-state index in [1.54, 1.807) is 25.1 Å². The first-order chi connectivity index (χ1) is 12.8. The zero-order valence-electron chi connectivity index (χ0n) is 15.9. The number of guanidine groups is 1. The largest absolute Gasteiger partial charge is 0.484 e. The second-order valence-electron chi connectivity index (χ2n) is 6.41. The van der Waals surface area contributed by atoms with Crippen LogP contribution < -0.4 is 20.7 Å². The van der Waals surface area contributed by atoms with Crippen LogP contribution in [-0.2, 0) is 11.3 Å². The van der Waals surface area contributed by atoms with Gasteiger partial charge in [-0.1, -0.05) is 12.1 Å². The molecule has 0 bridgehead atoms. The lowest BCUT2D eigenvalue weighted by Gasteiger charge is -2.14. The van der Waals surface area contributed by atoms with Crippen LogP contribution in [0.5, 0.6) is 5.75 Å². The van der Waals surface area contributed by atoms with Gasteiger partial charge in [0.1, 0.15) is 5.75 Å². The maximum atomic E-state index is 12.4. The van der Waals surface area contributed by atoms with Gasteiger partial charge in [0.2, 0.25) is 5.91 Å². The molecule has 0 atom stereocenters. The number of nitrogens with one attached hydrogen (secondary N) is 3. The van der Waals surface area contributed by atoms with Crippen LogP contribution >= 0.6 is 24.0 Å². The standard InChI is InChI=1S/C18H25F3N4O2.HI/c1-3-22-17(24-10-16(26)25-14-6-7-14)23-9-13-5-4-12(2)8-15(13)27-11-18(19,20)21;/h4-5,8,14H,3,6-7,9-11H2,1-2H3,(H,25,26)(H2,22,23,24);1H.